The van der Waals surface area contributed by atoms with E-state index in [0.717, 1.165) is 60.8 Å². The van der Waals surface area contributed by atoms with E-state index in [4.69, 9.17) is 0 Å². The largest absolute Gasteiger partial charge is 0.368 e. The predicted octanol–water partition coefficient (Wildman–Crippen LogP) is 3.82. The lowest BCUT2D eigenvalue weighted by Crippen LogP contribution is -2.49. The second-order valence-electron chi connectivity index (χ2n) is 10.9. The van der Waals surface area contributed by atoms with E-state index in [2.05, 4.69) is 45.1 Å². The molecule has 0 atom stereocenters. The van der Waals surface area contributed by atoms with Crippen LogP contribution in [0, 0.1) is 25.2 Å². The summed E-state index contributed by atoms with van der Waals surface area (Å²) in [5, 5.41) is 12.2. The van der Waals surface area contributed by atoms with Crippen LogP contribution in [0.25, 0.3) is 0 Å². The van der Waals surface area contributed by atoms with Crippen molar-refractivity contribution in [3.63, 3.8) is 0 Å². The van der Waals surface area contributed by atoms with Crippen molar-refractivity contribution in [2.24, 2.45) is 0 Å². The van der Waals surface area contributed by atoms with E-state index < -0.39 is 0 Å². The Bertz CT molecular complexity index is 1460. The molecule has 2 aliphatic rings. The van der Waals surface area contributed by atoms with Gasteiger partial charge < -0.3 is 20.0 Å². The molecular formula is C33H38N6O2. The zero-order valence-electron chi connectivity index (χ0n) is 24.2. The molecule has 2 heterocycles. The van der Waals surface area contributed by atoms with E-state index in [1.807, 2.05) is 60.4 Å². The van der Waals surface area contributed by atoms with Crippen LogP contribution in [0.4, 0.5) is 11.4 Å². The molecule has 0 aromatic heterocycles. The topological polar surface area (TPSA) is 82.9 Å². The SMILES string of the molecule is CNC(=O)c1ccccc1N1CCN(C(=O)c2cc(CN3CCN(c4ccccc4C#N)CC3)c(C)cc2C)CC1. The third-order valence-electron chi connectivity index (χ3n) is 8.33. The van der Waals surface area contributed by atoms with Gasteiger partial charge in [-0.05, 0) is 60.9 Å². The first-order valence-electron chi connectivity index (χ1n) is 14.3. The standard InChI is InChI=1S/C33H38N6O2/c1-24-20-25(2)29(21-27(24)23-36-12-14-37(15-13-36)30-10-6-4-8-26(30)22-34)33(41)39-18-16-38(17-19-39)31-11-7-5-9-28(31)32(40)35-3/h4-11,20-21H,12-19,23H2,1-3H3,(H,35,40). The van der Waals surface area contributed by atoms with Gasteiger partial charge in [-0.2, -0.15) is 5.26 Å². The summed E-state index contributed by atoms with van der Waals surface area (Å²) in [5.41, 5.74) is 7.44. The fourth-order valence-electron chi connectivity index (χ4n) is 5.93. The molecule has 2 fully saturated rings. The molecule has 8 nitrogen and oxygen atoms in total. The molecule has 41 heavy (non-hydrogen) atoms. The fraction of sp³-hybridized carbons (Fsp3) is 0.364. The number of carbonyl (C=O) groups is 2. The van der Waals surface area contributed by atoms with Gasteiger partial charge in [-0.1, -0.05) is 30.3 Å². The van der Waals surface area contributed by atoms with Crippen LogP contribution in [0.2, 0.25) is 0 Å². The maximum Gasteiger partial charge on any atom is 0.254 e. The number of nitrogens with zero attached hydrogens (tertiary/aromatic N) is 5. The van der Waals surface area contributed by atoms with Crippen LogP contribution in [-0.4, -0.2) is 81.0 Å². The molecule has 212 valence electrons. The Morgan fingerprint density at radius 2 is 1.39 bits per heavy atom. The van der Waals surface area contributed by atoms with E-state index in [1.165, 1.54) is 11.1 Å². The fourth-order valence-corrected chi connectivity index (χ4v) is 5.93. The molecule has 2 amide bonds. The van der Waals surface area contributed by atoms with Crippen molar-refractivity contribution in [1.29, 1.82) is 5.26 Å². The van der Waals surface area contributed by atoms with Crippen LogP contribution in [0.3, 0.4) is 0 Å². The highest BCUT2D eigenvalue weighted by atomic mass is 16.2. The number of amides is 2. The highest BCUT2D eigenvalue weighted by Gasteiger charge is 2.26. The number of carbonyl (C=O) groups excluding carboxylic acids is 2. The van der Waals surface area contributed by atoms with Gasteiger partial charge in [0.1, 0.15) is 6.07 Å². The number of benzene rings is 3. The molecule has 1 N–H and O–H groups in total. The van der Waals surface area contributed by atoms with Crippen LogP contribution in [0.5, 0.6) is 0 Å². The number of hydrogen-bond acceptors (Lipinski definition) is 6. The van der Waals surface area contributed by atoms with Crippen molar-refractivity contribution >= 4 is 23.2 Å². The number of nitrogens with one attached hydrogen (secondary N) is 1. The first kappa shape index (κ1) is 28.2. The van der Waals surface area contributed by atoms with Crippen molar-refractivity contribution in [1.82, 2.24) is 15.1 Å². The van der Waals surface area contributed by atoms with Crippen molar-refractivity contribution in [3.05, 3.63) is 94.0 Å². The molecule has 2 aliphatic heterocycles. The zero-order chi connectivity index (χ0) is 28.9. The van der Waals surface area contributed by atoms with E-state index in [-0.39, 0.29) is 11.8 Å². The second kappa shape index (κ2) is 12.4. The quantitative estimate of drug-likeness (QED) is 0.503. The van der Waals surface area contributed by atoms with Gasteiger partial charge in [0.05, 0.1) is 16.8 Å². The third-order valence-corrected chi connectivity index (χ3v) is 8.33. The Balaban J connectivity index is 1.23. The van der Waals surface area contributed by atoms with E-state index in [0.29, 0.717) is 31.7 Å². The van der Waals surface area contributed by atoms with Gasteiger partial charge in [0, 0.05) is 77.2 Å². The van der Waals surface area contributed by atoms with Crippen molar-refractivity contribution in [2.75, 3.05) is 69.2 Å². The number of piperazine rings is 2. The predicted molar refractivity (Wildman–Crippen MR) is 163 cm³/mol. The molecule has 8 heteroatoms. The normalized spacial score (nSPS) is 15.9. The second-order valence-corrected chi connectivity index (χ2v) is 10.9. The summed E-state index contributed by atoms with van der Waals surface area (Å²) in [5.74, 6) is -0.0313. The zero-order valence-corrected chi connectivity index (χ0v) is 24.2. The lowest BCUT2D eigenvalue weighted by Gasteiger charge is -2.37. The van der Waals surface area contributed by atoms with Crippen LogP contribution in [0.1, 0.15) is 43.0 Å². The summed E-state index contributed by atoms with van der Waals surface area (Å²) in [6.45, 7) is 11.0. The van der Waals surface area contributed by atoms with E-state index >= 15 is 0 Å². The summed E-state index contributed by atoms with van der Waals surface area (Å²) >= 11 is 0. The summed E-state index contributed by atoms with van der Waals surface area (Å²) in [7, 11) is 1.64. The minimum absolute atomic E-state index is 0.0703. The lowest BCUT2D eigenvalue weighted by atomic mass is 9.98. The number of rotatable bonds is 6. The molecule has 0 radical (unpaired) electrons. The number of nitriles is 1. The Kier molecular flexibility index (Phi) is 8.55. The van der Waals surface area contributed by atoms with Crippen molar-refractivity contribution in [2.45, 2.75) is 20.4 Å². The van der Waals surface area contributed by atoms with Crippen molar-refractivity contribution < 1.29 is 9.59 Å². The Morgan fingerprint density at radius 1 is 0.780 bits per heavy atom. The monoisotopic (exact) mass is 550 g/mol. The summed E-state index contributed by atoms with van der Waals surface area (Å²) in [6, 6.07) is 22.0. The van der Waals surface area contributed by atoms with Crippen molar-refractivity contribution in [3.8, 4) is 6.07 Å². The molecule has 3 aromatic carbocycles. The highest BCUT2D eigenvalue weighted by Crippen LogP contribution is 2.25. The van der Waals surface area contributed by atoms with Gasteiger partial charge >= 0.3 is 0 Å². The summed E-state index contributed by atoms with van der Waals surface area (Å²) < 4.78 is 0. The van der Waals surface area contributed by atoms with Gasteiger partial charge in [-0.15, -0.1) is 0 Å². The number of hydrogen-bond donors (Lipinski definition) is 1. The van der Waals surface area contributed by atoms with Crippen LogP contribution in [0.15, 0.2) is 60.7 Å². The number of para-hydroxylation sites is 2. The molecule has 0 saturated carbocycles. The minimum Gasteiger partial charge on any atom is -0.368 e. The first-order valence-corrected chi connectivity index (χ1v) is 14.3. The lowest BCUT2D eigenvalue weighted by molar-refractivity contribution is 0.0745. The summed E-state index contributed by atoms with van der Waals surface area (Å²) in [4.78, 5) is 34.9. The molecule has 2 saturated heterocycles. The first-order chi connectivity index (χ1) is 19.9. The minimum atomic E-state index is -0.102. The summed E-state index contributed by atoms with van der Waals surface area (Å²) in [6.07, 6.45) is 0. The average Bonchev–Trinajstić information content (AvgIpc) is 3.02. The molecule has 0 unspecified atom stereocenters. The number of aryl methyl sites for hydroxylation is 2. The van der Waals surface area contributed by atoms with Gasteiger partial charge in [0.15, 0.2) is 0 Å². The molecule has 0 bridgehead atoms. The van der Waals surface area contributed by atoms with Crippen LogP contribution >= 0.6 is 0 Å². The third kappa shape index (κ3) is 6.06. The van der Waals surface area contributed by atoms with E-state index in [9.17, 15) is 14.9 Å². The van der Waals surface area contributed by atoms with Crippen LogP contribution < -0.4 is 15.1 Å². The molecular weight excluding hydrogens is 512 g/mol. The van der Waals surface area contributed by atoms with Gasteiger partial charge in [-0.3, -0.25) is 14.5 Å². The molecule has 0 spiro atoms. The maximum absolute atomic E-state index is 13.7. The maximum atomic E-state index is 13.7. The Labute approximate surface area is 242 Å². The molecule has 3 aromatic rings. The molecule has 5 rings (SSSR count). The van der Waals surface area contributed by atoms with Gasteiger partial charge in [0.2, 0.25) is 0 Å². The highest BCUT2D eigenvalue weighted by molar-refractivity contribution is 6.00. The average molecular weight is 551 g/mol. The smallest absolute Gasteiger partial charge is 0.254 e. The molecule has 0 aliphatic carbocycles. The van der Waals surface area contributed by atoms with E-state index in [1.54, 1.807) is 7.05 Å². The number of anilines is 2. The van der Waals surface area contributed by atoms with Crippen LogP contribution in [-0.2, 0) is 6.54 Å². The van der Waals surface area contributed by atoms with Gasteiger partial charge in [-0.25, -0.2) is 0 Å². The van der Waals surface area contributed by atoms with Gasteiger partial charge in [0.25, 0.3) is 11.8 Å². The Hall–Kier alpha value is -4.35. The Morgan fingerprint density at radius 3 is 2.07 bits per heavy atom.